The molecular weight excluding hydrogens is 467 g/mol. The Bertz CT molecular complexity index is 1410. The molecule has 6 nitrogen and oxygen atoms in total. The van der Waals surface area contributed by atoms with Crippen molar-refractivity contribution in [1.29, 1.82) is 0 Å². The van der Waals surface area contributed by atoms with Crippen LogP contribution in [0.5, 0.6) is 0 Å². The summed E-state index contributed by atoms with van der Waals surface area (Å²) in [6.45, 7) is 8.15. The van der Waals surface area contributed by atoms with Gasteiger partial charge in [0, 0.05) is 23.5 Å². The molecule has 0 aliphatic rings. The summed E-state index contributed by atoms with van der Waals surface area (Å²) < 4.78 is 15.4. The molecule has 0 saturated heterocycles. The zero-order chi connectivity index (χ0) is 26.6. The largest absolute Gasteiger partial charge is 0.340 e. The van der Waals surface area contributed by atoms with Gasteiger partial charge in [-0.25, -0.2) is 9.07 Å². The fourth-order valence-electron chi connectivity index (χ4n) is 3.97. The van der Waals surface area contributed by atoms with Crippen molar-refractivity contribution in [3.8, 4) is 5.69 Å². The first-order valence-electron chi connectivity index (χ1n) is 12.2. The van der Waals surface area contributed by atoms with Gasteiger partial charge in [0.05, 0.1) is 11.4 Å². The smallest absolute Gasteiger partial charge is 0.252 e. The lowest BCUT2D eigenvalue weighted by Crippen LogP contribution is -2.45. The summed E-state index contributed by atoms with van der Waals surface area (Å²) in [5, 5.41) is 10.6. The minimum Gasteiger partial charge on any atom is -0.340 e. The van der Waals surface area contributed by atoms with Crippen molar-refractivity contribution in [2.45, 2.75) is 45.6 Å². The zero-order valence-corrected chi connectivity index (χ0v) is 21.5. The van der Waals surface area contributed by atoms with Crippen LogP contribution in [-0.2, 0) is 16.6 Å². The second-order valence-electron chi connectivity index (χ2n) is 10.1. The number of amides is 2. The quantitative estimate of drug-likeness (QED) is 0.348. The highest BCUT2D eigenvalue weighted by Crippen LogP contribution is 2.27. The molecule has 1 heterocycles. The monoisotopic (exact) mass is 498 g/mol. The van der Waals surface area contributed by atoms with Gasteiger partial charge < -0.3 is 10.6 Å². The van der Waals surface area contributed by atoms with Crippen LogP contribution in [0.3, 0.4) is 0 Å². The maximum atomic E-state index is 13.7. The molecule has 7 heteroatoms. The number of benzene rings is 3. The van der Waals surface area contributed by atoms with E-state index in [4.69, 9.17) is 5.10 Å². The number of hydrogen-bond donors (Lipinski definition) is 2. The van der Waals surface area contributed by atoms with Crippen LogP contribution in [0.4, 0.5) is 10.2 Å². The van der Waals surface area contributed by atoms with Gasteiger partial charge in [0.25, 0.3) is 5.91 Å². The van der Waals surface area contributed by atoms with E-state index in [2.05, 4.69) is 31.4 Å². The number of nitrogens with one attached hydrogen (secondary N) is 2. The summed E-state index contributed by atoms with van der Waals surface area (Å²) in [5.74, 6) is -0.946. The molecule has 0 radical (unpaired) electrons. The molecule has 0 spiro atoms. The lowest BCUT2D eigenvalue weighted by molar-refractivity contribution is -0.118. The van der Waals surface area contributed by atoms with Gasteiger partial charge >= 0.3 is 0 Å². The molecule has 4 aromatic rings. The van der Waals surface area contributed by atoms with Gasteiger partial charge in [0.1, 0.15) is 17.7 Å². The van der Waals surface area contributed by atoms with Gasteiger partial charge in [0.15, 0.2) is 0 Å². The van der Waals surface area contributed by atoms with Gasteiger partial charge in [-0.3, -0.25) is 9.59 Å². The third kappa shape index (κ3) is 6.30. The highest BCUT2D eigenvalue weighted by atomic mass is 19.1. The Morgan fingerprint density at radius 1 is 0.946 bits per heavy atom. The molecule has 4 rings (SSSR count). The molecule has 1 atom stereocenters. The summed E-state index contributed by atoms with van der Waals surface area (Å²) in [6, 6.07) is 23.6. The number of halogens is 1. The van der Waals surface area contributed by atoms with Crippen molar-refractivity contribution >= 4 is 17.6 Å². The van der Waals surface area contributed by atoms with E-state index in [0.717, 1.165) is 28.6 Å². The molecule has 2 amide bonds. The molecule has 2 N–H and O–H groups in total. The summed E-state index contributed by atoms with van der Waals surface area (Å²) in [7, 11) is 0. The molecular formula is C30H31FN4O2. The van der Waals surface area contributed by atoms with E-state index < -0.39 is 23.7 Å². The molecule has 0 bridgehead atoms. The number of aromatic nitrogens is 2. The molecule has 0 fully saturated rings. The fraction of sp³-hybridized carbons (Fsp3) is 0.233. The van der Waals surface area contributed by atoms with E-state index in [1.807, 2.05) is 67.6 Å². The first-order valence-corrected chi connectivity index (χ1v) is 12.2. The fourth-order valence-corrected chi connectivity index (χ4v) is 3.97. The van der Waals surface area contributed by atoms with Crippen LogP contribution in [0.25, 0.3) is 5.69 Å². The number of hydrogen-bond acceptors (Lipinski definition) is 3. The highest BCUT2D eigenvalue weighted by molar-refractivity contribution is 6.01. The second-order valence-corrected chi connectivity index (χ2v) is 10.1. The van der Waals surface area contributed by atoms with Crippen molar-refractivity contribution in [1.82, 2.24) is 15.1 Å². The highest BCUT2D eigenvalue weighted by Gasteiger charge is 2.26. The van der Waals surface area contributed by atoms with Crippen LogP contribution in [0, 0.1) is 12.7 Å². The molecule has 1 aromatic heterocycles. The summed E-state index contributed by atoms with van der Waals surface area (Å²) in [5.41, 5.74) is 3.44. The minimum atomic E-state index is -0.906. The van der Waals surface area contributed by atoms with Crippen LogP contribution >= 0.6 is 0 Å². The van der Waals surface area contributed by atoms with Crippen LogP contribution < -0.4 is 10.6 Å². The van der Waals surface area contributed by atoms with E-state index >= 15 is 0 Å². The first kappa shape index (κ1) is 25.8. The van der Waals surface area contributed by atoms with Crippen molar-refractivity contribution < 1.29 is 14.0 Å². The molecule has 37 heavy (non-hydrogen) atoms. The second kappa shape index (κ2) is 10.8. The van der Waals surface area contributed by atoms with Gasteiger partial charge in [0.2, 0.25) is 5.91 Å². The van der Waals surface area contributed by atoms with Gasteiger partial charge in [-0.2, -0.15) is 5.10 Å². The van der Waals surface area contributed by atoms with Crippen LogP contribution in [0.15, 0.2) is 84.9 Å². The molecule has 0 aliphatic carbocycles. The number of nitrogens with zero attached hydrogens (tertiary/aromatic N) is 2. The average molecular weight is 499 g/mol. The molecule has 3 aromatic carbocycles. The molecule has 0 saturated carbocycles. The minimum absolute atomic E-state index is 0.144. The molecule has 1 unspecified atom stereocenters. The van der Waals surface area contributed by atoms with Crippen LogP contribution in [0.1, 0.15) is 48.0 Å². The third-order valence-corrected chi connectivity index (χ3v) is 6.06. The van der Waals surface area contributed by atoms with Gasteiger partial charge in [-0.15, -0.1) is 0 Å². The Balaban J connectivity index is 1.67. The Kier molecular flexibility index (Phi) is 7.53. The van der Waals surface area contributed by atoms with E-state index in [1.54, 1.807) is 4.68 Å². The van der Waals surface area contributed by atoms with Crippen molar-refractivity contribution in [3.63, 3.8) is 0 Å². The SMILES string of the molecule is Cc1ccccc1-n1nc(C(C)(C)C)cc1NC(=O)C(Cc1ccccc1)NC(=O)c1cccc(F)c1. The Labute approximate surface area is 216 Å². The van der Waals surface area contributed by atoms with E-state index in [9.17, 15) is 14.0 Å². The van der Waals surface area contributed by atoms with Gasteiger partial charge in [-0.1, -0.05) is 75.4 Å². The van der Waals surface area contributed by atoms with E-state index in [-0.39, 0.29) is 17.4 Å². The van der Waals surface area contributed by atoms with Crippen molar-refractivity contribution in [2.75, 3.05) is 5.32 Å². The maximum absolute atomic E-state index is 13.7. The standard InChI is InChI=1S/C30H31FN4O2/c1-20-11-8-9-16-25(20)35-27(19-26(34-35)30(2,3)4)33-29(37)24(17-21-12-6-5-7-13-21)32-28(36)22-14-10-15-23(31)18-22/h5-16,18-19,24H,17H2,1-4H3,(H,32,36)(H,33,37). The molecule has 0 aliphatic heterocycles. The predicted octanol–water partition coefficient (Wildman–Crippen LogP) is 5.60. The number of carbonyl (C=O) groups excluding carboxylic acids is 2. The topological polar surface area (TPSA) is 76.0 Å². The van der Waals surface area contributed by atoms with E-state index in [0.29, 0.717) is 5.82 Å². The Hall–Kier alpha value is -4.26. The maximum Gasteiger partial charge on any atom is 0.252 e. The third-order valence-electron chi connectivity index (χ3n) is 6.06. The van der Waals surface area contributed by atoms with Crippen LogP contribution in [-0.4, -0.2) is 27.6 Å². The normalized spacial score (nSPS) is 12.1. The average Bonchev–Trinajstić information content (AvgIpc) is 3.28. The first-order chi connectivity index (χ1) is 17.6. The lowest BCUT2D eigenvalue weighted by Gasteiger charge is -2.19. The molecule has 190 valence electrons. The Morgan fingerprint density at radius 2 is 1.65 bits per heavy atom. The van der Waals surface area contributed by atoms with E-state index in [1.165, 1.54) is 18.2 Å². The van der Waals surface area contributed by atoms with Gasteiger partial charge in [-0.05, 0) is 42.3 Å². The van der Waals surface area contributed by atoms with Crippen LogP contribution in [0.2, 0.25) is 0 Å². The Morgan fingerprint density at radius 3 is 2.32 bits per heavy atom. The number of rotatable bonds is 7. The summed E-state index contributed by atoms with van der Waals surface area (Å²) in [6.07, 6.45) is 0.262. The number of carbonyl (C=O) groups is 2. The van der Waals surface area contributed by atoms with Crippen molar-refractivity contribution in [3.05, 3.63) is 113 Å². The predicted molar refractivity (Wildman–Crippen MR) is 143 cm³/mol. The number of para-hydroxylation sites is 1. The summed E-state index contributed by atoms with van der Waals surface area (Å²) in [4.78, 5) is 26.6. The summed E-state index contributed by atoms with van der Waals surface area (Å²) >= 11 is 0. The number of aryl methyl sites for hydroxylation is 1. The lowest BCUT2D eigenvalue weighted by atomic mass is 9.92. The number of anilines is 1. The van der Waals surface area contributed by atoms with Crippen molar-refractivity contribution in [2.24, 2.45) is 0 Å². The zero-order valence-electron chi connectivity index (χ0n) is 21.5.